The first-order valence-corrected chi connectivity index (χ1v) is 4.21. The molecule has 0 aliphatic rings. The predicted octanol–water partition coefficient (Wildman–Crippen LogP) is 1.43. The third kappa shape index (κ3) is 3.65. The lowest BCUT2D eigenvalue weighted by Crippen LogP contribution is -2.17. The van der Waals surface area contributed by atoms with E-state index in [1.807, 2.05) is 6.92 Å². The Bertz CT molecular complexity index is 97.0. The highest BCUT2D eigenvalue weighted by atomic mass is 35.5. The number of rotatable bonds is 4. The fourth-order valence-electron chi connectivity index (χ4n) is 0.383. The Morgan fingerprint density at radius 2 is 2.44 bits per heavy atom. The largest absolute Gasteiger partial charge is 0.480 e. The first kappa shape index (κ1) is 9.11. The molecule has 0 spiro atoms. The van der Waals surface area contributed by atoms with Crippen molar-refractivity contribution < 1.29 is 9.90 Å². The van der Waals surface area contributed by atoms with Gasteiger partial charge in [-0.25, -0.2) is 0 Å². The monoisotopic (exact) mass is 168 g/mol. The summed E-state index contributed by atoms with van der Waals surface area (Å²) in [6.07, 6.45) is 0. The molecular formula is C5H9ClO2S. The van der Waals surface area contributed by atoms with E-state index in [0.717, 1.165) is 5.75 Å². The van der Waals surface area contributed by atoms with Crippen molar-refractivity contribution in [1.82, 2.24) is 0 Å². The molecule has 4 heteroatoms. The van der Waals surface area contributed by atoms with E-state index in [0.29, 0.717) is 0 Å². The van der Waals surface area contributed by atoms with Crippen LogP contribution in [0, 0.1) is 0 Å². The number of carboxylic acids is 1. The van der Waals surface area contributed by atoms with E-state index in [9.17, 15) is 4.79 Å². The van der Waals surface area contributed by atoms with Crippen LogP contribution in [0.5, 0.6) is 0 Å². The number of carbonyl (C=O) groups is 1. The maximum atomic E-state index is 10.2. The highest BCUT2D eigenvalue weighted by Crippen LogP contribution is 2.11. The van der Waals surface area contributed by atoms with Gasteiger partial charge in [0.15, 0.2) is 0 Å². The van der Waals surface area contributed by atoms with Gasteiger partial charge in [0, 0.05) is 5.88 Å². The number of hydrogen-bond donors (Lipinski definition) is 1. The van der Waals surface area contributed by atoms with Gasteiger partial charge in [-0.05, 0) is 5.75 Å². The Morgan fingerprint density at radius 3 is 2.56 bits per heavy atom. The van der Waals surface area contributed by atoms with Crippen molar-refractivity contribution in [3.8, 4) is 0 Å². The molecular weight excluding hydrogens is 160 g/mol. The minimum atomic E-state index is -0.822. The summed E-state index contributed by atoms with van der Waals surface area (Å²) in [5.41, 5.74) is 0. The Kier molecular flexibility index (Phi) is 5.00. The predicted molar refractivity (Wildman–Crippen MR) is 40.3 cm³/mol. The molecule has 0 saturated heterocycles. The highest BCUT2D eigenvalue weighted by Gasteiger charge is 2.14. The molecule has 0 fully saturated rings. The molecule has 0 aliphatic carbocycles. The number of aliphatic carboxylic acids is 1. The van der Waals surface area contributed by atoms with Gasteiger partial charge in [-0.3, -0.25) is 4.79 Å². The van der Waals surface area contributed by atoms with E-state index in [4.69, 9.17) is 16.7 Å². The fourth-order valence-corrected chi connectivity index (χ4v) is 1.42. The average molecular weight is 169 g/mol. The van der Waals surface area contributed by atoms with Crippen LogP contribution in [-0.4, -0.2) is 28.0 Å². The molecule has 0 aromatic heterocycles. The standard InChI is InChI=1S/C5H9ClO2S/c1-2-9-4(3-6)5(7)8/h4H,2-3H2,1H3,(H,7,8). The van der Waals surface area contributed by atoms with Crippen LogP contribution < -0.4 is 0 Å². The van der Waals surface area contributed by atoms with Crippen LogP contribution in [-0.2, 0) is 4.79 Å². The van der Waals surface area contributed by atoms with E-state index in [2.05, 4.69) is 0 Å². The second-order valence-corrected chi connectivity index (χ2v) is 3.22. The molecule has 0 bridgehead atoms. The molecule has 0 aliphatic heterocycles. The number of thioether (sulfide) groups is 1. The zero-order chi connectivity index (χ0) is 7.28. The van der Waals surface area contributed by atoms with Crippen LogP contribution in [0.1, 0.15) is 6.92 Å². The van der Waals surface area contributed by atoms with Crippen molar-refractivity contribution in [2.24, 2.45) is 0 Å². The lowest BCUT2D eigenvalue weighted by Gasteiger charge is -2.03. The number of alkyl halides is 1. The summed E-state index contributed by atoms with van der Waals surface area (Å²) in [6.45, 7) is 1.91. The zero-order valence-corrected chi connectivity index (χ0v) is 6.71. The van der Waals surface area contributed by atoms with Crippen molar-refractivity contribution in [2.45, 2.75) is 12.2 Å². The Hall–Kier alpha value is 0.110. The summed E-state index contributed by atoms with van der Waals surface area (Å²) >= 11 is 6.69. The maximum absolute atomic E-state index is 10.2. The number of halogens is 1. The van der Waals surface area contributed by atoms with Crippen LogP contribution in [0.2, 0.25) is 0 Å². The topological polar surface area (TPSA) is 37.3 Å². The molecule has 0 saturated carbocycles. The molecule has 54 valence electrons. The molecule has 0 aromatic rings. The summed E-state index contributed by atoms with van der Waals surface area (Å²) in [7, 11) is 0. The van der Waals surface area contributed by atoms with Gasteiger partial charge in [-0.2, -0.15) is 0 Å². The van der Waals surface area contributed by atoms with Gasteiger partial charge in [0.05, 0.1) is 0 Å². The first-order chi connectivity index (χ1) is 4.22. The minimum Gasteiger partial charge on any atom is -0.480 e. The van der Waals surface area contributed by atoms with Crippen LogP contribution in [0.25, 0.3) is 0 Å². The summed E-state index contributed by atoms with van der Waals surface area (Å²) in [4.78, 5) is 10.2. The number of hydrogen-bond acceptors (Lipinski definition) is 2. The molecule has 0 amide bonds. The Morgan fingerprint density at radius 1 is 1.89 bits per heavy atom. The quantitative estimate of drug-likeness (QED) is 0.646. The normalized spacial score (nSPS) is 13.1. The van der Waals surface area contributed by atoms with Crippen molar-refractivity contribution in [1.29, 1.82) is 0 Å². The Labute approximate surface area is 63.6 Å². The summed E-state index contributed by atoms with van der Waals surface area (Å²) in [6, 6.07) is 0. The fraction of sp³-hybridized carbons (Fsp3) is 0.800. The molecule has 2 nitrogen and oxygen atoms in total. The number of carboxylic acid groups (broad SMARTS) is 1. The van der Waals surface area contributed by atoms with Crippen molar-refractivity contribution in [3.63, 3.8) is 0 Å². The van der Waals surface area contributed by atoms with Crippen LogP contribution in [0.15, 0.2) is 0 Å². The summed E-state index contributed by atoms with van der Waals surface area (Å²) in [5.74, 6) is 0.161. The van der Waals surface area contributed by atoms with E-state index >= 15 is 0 Å². The van der Waals surface area contributed by atoms with Crippen molar-refractivity contribution >= 4 is 29.3 Å². The van der Waals surface area contributed by atoms with Gasteiger partial charge in [-0.1, -0.05) is 6.92 Å². The lowest BCUT2D eigenvalue weighted by molar-refractivity contribution is -0.135. The molecule has 0 heterocycles. The SMILES string of the molecule is CCSC(CCl)C(=O)O. The van der Waals surface area contributed by atoms with Gasteiger partial charge in [0.25, 0.3) is 0 Å². The maximum Gasteiger partial charge on any atom is 0.317 e. The molecule has 0 aromatic carbocycles. The van der Waals surface area contributed by atoms with Crippen LogP contribution in [0.3, 0.4) is 0 Å². The highest BCUT2D eigenvalue weighted by molar-refractivity contribution is 8.00. The Balaban J connectivity index is 3.54. The summed E-state index contributed by atoms with van der Waals surface area (Å²) in [5, 5.41) is 7.97. The van der Waals surface area contributed by atoms with E-state index in [1.54, 1.807) is 0 Å². The van der Waals surface area contributed by atoms with E-state index < -0.39 is 11.2 Å². The zero-order valence-electron chi connectivity index (χ0n) is 5.13. The van der Waals surface area contributed by atoms with Gasteiger partial charge in [0.1, 0.15) is 5.25 Å². The average Bonchev–Trinajstić information content (AvgIpc) is 1.82. The molecule has 1 atom stereocenters. The van der Waals surface area contributed by atoms with Gasteiger partial charge in [-0.15, -0.1) is 23.4 Å². The first-order valence-electron chi connectivity index (χ1n) is 2.62. The van der Waals surface area contributed by atoms with Gasteiger partial charge in [0.2, 0.25) is 0 Å². The van der Waals surface area contributed by atoms with E-state index in [1.165, 1.54) is 11.8 Å². The molecule has 0 radical (unpaired) electrons. The second kappa shape index (κ2) is 4.94. The van der Waals surface area contributed by atoms with Crippen molar-refractivity contribution in [3.05, 3.63) is 0 Å². The lowest BCUT2D eigenvalue weighted by atomic mass is 10.5. The molecule has 9 heavy (non-hydrogen) atoms. The molecule has 1 N–H and O–H groups in total. The van der Waals surface area contributed by atoms with Crippen LogP contribution in [0.4, 0.5) is 0 Å². The minimum absolute atomic E-state index is 0.188. The van der Waals surface area contributed by atoms with Gasteiger partial charge >= 0.3 is 5.97 Å². The second-order valence-electron chi connectivity index (χ2n) is 1.44. The third-order valence-corrected chi connectivity index (χ3v) is 2.38. The smallest absolute Gasteiger partial charge is 0.317 e. The molecule has 1 unspecified atom stereocenters. The van der Waals surface area contributed by atoms with E-state index in [-0.39, 0.29) is 5.88 Å². The molecule has 0 rings (SSSR count). The van der Waals surface area contributed by atoms with Gasteiger partial charge < -0.3 is 5.11 Å². The summed E-state index contributed by atoms with van der Waals surface area (Å²) < 4.78 is 0. The third-order valence-electron chi connectivity index (χ3n) is 0.783. The van der Waals surface area contributed by atoms with Crippen molar-refractivity contribution in [2.75, 3.05) is 11.6 Å². The van der Waals surface area contributed by atoms with Crippen LogP contribution >= 0.6 is 23.4 Å².